The molecule has 0 aliphatic rings. The van der Waals surface area contributed by atoms with E-state index in [0.29, 0.717) is 29.1 Å². The van der Waals surface area contributed by atoms with E-state index in [1.54, 1.807) is 13.0 Å². The number of methoxy groups -OCH3 is 1. The molecule has 0 radical (unpaired) electrons. The van der Waals surface area contributed by atoms with E-state index < -0.39 is 0 Å². The van der Waals surface area contributed by atoms with E-state index in [4.69, 9.17) is 20.7 Å². The third-order valence-electron chi connectivity index (χ3n) is 6.20. The van der Waals surface area contributed by atoms with Crippen LogP contribution in [0, 0.1) is 6.92 Å². The molecule has 9 heteroatoms. The van der Waals surface area contributed by atoms with Crippen LogP contribution >= 0.6 is 0 Å². The van der Waals surface area contributed by atoms with Crippen molar-refractivity contribution in [1.82, 2.24) is 19.5 Å². The first kappa shape index (κ1) is 25.6. The summed E-state index contributed by atoms with van der Waals surface area (Å²) in [5, 5.41) is 12.3. The zero-order chi connectivity index (χ0) is 26.4. The molecule has 190 valence electrons. The van der Waals surface area contributed by atoms with E-state index in [2.05, 4.69) is 22.0 Å². The molecule has 0 aliphatic heterocycles. The summed E-state index contributed by atoms with van der Waals surface area (Å²) in [4.78, 5) is 27.1. The molecular formula is C28H30N6O3. The van der Waals surface area contributed by atoms with Crippen molar-refractivity contribution in [2.75, 3.05) is 7.11 Å². The summed E-state index contributed by atoms with van der Waals surface area (Å²) in [7, 11) is 1.54. The summed E-state index contributed by atoms with van der Waals surface area (Å²) in [6.07, 6.45) is 6.14. The van der Waals surface area contributed by atoms with Crippen molar-refractivity contribution < 1.29 is 9.94 Å². The molecule has 37 heavy (non-hydrogen) atoms. The molecule has 9 nitrogen and oxygen atoms in total. The lowest BCUT2D eigenvalue weighted by Crippen LogP contribution is -2.29. The van der Waals surface area contributed by atoms with Gasteiger partial charge in [0, 0.05) is 17.5 Å². The Morgan fingerprint density at radius 1 is 1.11 bits per heavy atom. The second-order valence-electron chi connectivity index (χ2n) is 8.66. The number of hydrogen-bond donors (Lipinski definition) is 2. The number of nitrogens with two attached hydrogens (primary N) is 1. The monoisotopic (exact) mass is 498 g/mol. The number of unbranched alkanes of at least 4 members (excludes halogenated alkanes) is 1. The molecular weight excluding hydrogens is 468 g/mol. The summed E-state index contributed by atoms with van der Waals surface area (Å²) >= 11 is 0. The van der Waals surface area contributed by atoms with Gasteiger partial charge in [-0.25, -0.2) is 19.5 Å². The number of ether oxygens (including phenoxy) is 1. The fourth-order valence-electron chi connectivity index (χ4n) is 4.23. The van der Waals surface area contributed by atoms with Crippen LogP contribution in [0.25, 0.3) is 17.1 Å². The highest BCUT2D eigenvalue weighted by atomic mass is 16.5. The van der Waals surface area contributed by atoms with Gasteiger partial charge in [0.15, 0.2) is 11.6 Å². The highest BCUT2D eigenvalue weighted by molar-refractivity contribution is 6.03. The average molecular weight is 499 g/mol. The van der Waals surface area contributed by atoms with E-state index in [1.807, 2.05) is 42.5 Å². The number of benzene rings is 2. The van der Waals surface area contributed by atoms with Crippen LogP contribution in [0.1, 0.15) is 48.0 Å². The van der Waals surface area contributed by atoms with Crippen molar-refractivity contribution >= 4 is 5.84 Å². The number of aryl methyl sites for hydroxylation is 2. The Kier molecular flexibility index (Phi) is 7.92. The molecule has 4 aromatic rings. The van der Waals surface area contributed by atoms with Crippen LogP contribution in [-0.4, -0.2) is 37.7 Å². The largest absolute Gasteiger partial charge is 0.494 e. The Morgan fingerprint density at radius 2 is 1.81 bits per heavy atom. The molecule has 2 aromatic carbocycles. The topological polar surface area (TPSA) is 129 Å². The molecule has 0 aliphatic carbocycles. The minimum absolute atomic E-state index is 0.0484. The second kappa shape index (κ2) is 11.5. The number of nitrogens with zero attached hydrogens (tertiary/aromatic N) is 5. The highest BCUT2D eigenvalue weighted by Gasteiger charge is 2.18. The first-order valence-electron chi connectivity index (χ1n) is 12.1. The number of rotatable bonds is 9. The van der Waals surface area contributed by atoms with Crippen LogP contribution in [0.2, 0.25) is 0 Å². The minimum Gasteiger partial charge on any atom is -0.494 e. The highest BCUT2D eigenvalue weighted by Crippen LogP contribution is 2.25. The summed E-state index contributed by atoms with van der Waals surface area (Å²) < 4.78 is 6.60. The van der Waals surface area contributed by atoms with Crippen LogP contribution in [0.4, 0.5) is 0 Å². The smallest absolute Gasteiger partial charge is 0.264 e. The van der Waals surface area contributed by atoms with Crippen molar-refractivity contribution in [2.24, 2.45) is 10.9 Å². The normalized spacial score (nSPS) is 11.5. The lowest BCUT2D eigenvalue weighted by atomic mass is 9.96. The summed E-state index contributed by atoms with van der Waals surface area (Å²) in [5.74, 6) is 1.36. The van der Waals surface area contributed by atoms with Crippen molar-refractivity contribution in [2.45, 2.75) is 39.5 Å². The van der Waals surface area contributed by atoms with Crippen LogP contribution in [-0.2, 0) is 12.8 Å². The number of oxime groups is 1. The van der Waals surface area contributed by atoms with E-state index in [1.165, 1.54) is 24.1 Å². The lowest BCUT2D eigenvalue weighted by molar-refractivity contribution is 0.318. The first-order valence-corrected chi connectivity index (χ1v) is 12.1. The van der Waals surface area contributed by atoms with Crippen molar-refractivity contribution in [3.63, 3.8) is 0 Å². The average Bonchev–Trinajstić information content (AvgIpc) is 2.94. The van der Waals surface area contributed by atoms with Gasteiger partial charge in [-0.3, -0.25) is 4.79 Å². The molecule has 0 fully saturated rings. The Balaban J connectivity index is 1.73. The fraction of sp³-hybridized carbons (Fsp3) is 0.250. The molecule has 0 bridgehead atoms. The maximum Gasteiger partial charge on any atom is 0.264 e. The predicted octanol–water partition coefficient (Wildman–Crippen LogP) is 4.03. The summed E-state index contributed by atoms with van der Waals surface area (Å²) in [5.41, 5.74) is 10.5. The van der Waals surface area contributed by atoms with Gasteiger partial charge in [0.05, 0.1) is 25.2 Å². The molecule has 0 saturated heterocycles. The fourth-order valence-corrected chi connectivity index (χ4v) is 4.23. The zero-order valence-electron chi connectivity index (χ0n) is 21.2. The van der Waals surface area contributed by atoms with Crippen LogP contribution in [0.15, 0.2) is 70.9 Å². The SMILES string of the molecule is CCCCc1nc(C)n(-c2ncc(OC)cn2)c(=O)c1Cc1ccc(-c2ccccc2C(N)=NO)cc1. The Morgan fingerprint density at radius 3 is 2.46 bits per heavy atom. The molecule has 0 saturated carbocycles. The van der Waals surface area contributed by atoms with E-state index >= 15 is 0 Å². The number of hydrogen-bond acceptors (Lipinski definition) is 7. The molecule has 0 spiro atoms. The standard InChI is InChI=1S/C28H30N6O3/c1-4-5-10-25-24(27(35)34(18(2)32-25)28-30-16-21(37-3)17-31-28)15-19-11-13-20(14-12-19)22-8-6-7-9-23(22)26(29)33-36/h6-9,11-14,16-17,36H,4-5,10,15H2,1-3H3,(H2,29,33). The predicted molar refractivity (Wildman–Crippen MR) is 143 cm³/mol. The van der Waals surface area contributed by atoms with Gasteiger partial charge in [-0.15, -0.1) is 0 Å². The summed E-state index contributed by atoms with van der Waals surface area (Å²) in [6, 6.07) is 15.4. The maximum absolute atomic E-state index is 13.7. The molecule has 0 unspecified atom stereocenters. The van der Waals surface area contributed by atoms with Gasteiger partial charge in [0.1, 0.15) is 5.82 Å². The number of aromatic nitrogens is 4. The molecule has 0 amide bonds. The lowest BCUT2D eigenvalue weighted by Gasteiger charge is -2.15. The van der Waals surface area contributed by atoms with E-state index in [-0.39, 0.29) is 17.3 Å². The Hall–Kier alpha value is -4.53. The number of amidine groups is 1. The summed E-state index contributed by atoms with van der Waals surface area (Å²) in [6.45, 7) is 3.91. The molecule has 3 N–H and O–H groups in total. The van der Waals surface area contributed by atoms with E-state index in [0.717, 1.165) is 41.6 Å². The first-order chi connectivity index (χ1) is 18.0. The van der Waals surface area contributed by atoms with Crippen LogP contribution in [0.3, 0.4) is 0 Å². The Labute approximate surface area is 215 Å². The van der Waals surface area contributed by atoms with Gasteiger partial charge in [-0.2, -0.15) is 0 Å². The van der Waals surface area contributed by atoms with E-state index in [9.17, 15) is 4.79 Å². The zero-order valence-corrected chi connectivity index (χ0v) is 21.2. The third kappa shape index (κ3) is 5.50. The van der Waals surface area contributed by atoms with Gasteiger partial charge >= 0.3 is 0 Å². The third-order valence-corrected chi connectivity index (χ3v) is 6.20. The van der Waals surface area contributed by atoms with Crippen LogP contribution < -0.4 is 16.0 Å². The van der Waals surface area contributed by atoms with Crippen molar-refractivity contribution in [3.8, 4) is 22.8 Å². The molecule has 2 heterocycles. The molecule has 0 atom stereocenters. The van der Waals surface area contributed by atoms with Gasteiger partial charge < -0.3 is 15.7 Å². The van der Waals surface area contributed by atoms with Gasteiger partial charge in [0.2, 0.25) is 5.95 Å². The Bertz CT molecular complexity index is 1460. The maximum atomic E-state index is 13.7. The van der Waals surface area contributed by atoms with Gasteiger partial charge in [-0.05, 0) is 36.5 Å². The van der Waals surface area contributed by atoms with Crippen molar-refractivity contribution in [3.05, 3.63) is 99.5 Å². The second-order valence-corrected chi connectivity index (χ2v) is 8.66. The minimum atomic E-state index is -0.176. The van der Waals surface area contributed by atoms with Crippen LogP contribution in [0.5, 0.6) is 5.75 Å². The quantitative estimate of drug-likeness (QED) is 0.154. The van der Waals surface area contributed by atoms with Crippen molar-refractivity contribution in [1.29, 1.82) is 0 Å². The van der Waals surface area contributed by atoms with Gasteiger partial charge in [-0.1, -0.05) is 67.0 Å². The van der Waals surface area contributed by atoms with Gasteiger partial charge in [0.25, 0.3) is 5.56 Å². The molecule has 2 aromatic heterocycles. The molecule has 4 rings (SSSR count).